The van der Waals surface area contributed by atoms with Crippen molar-refractivity contribution in [1.82, 2.24) is 24.8 Å². The summed E-state index contributed by atoms with van der Waals surface area (Å²) >= 11 is 13.7. The fraction of sp³-hybridized carbons (Fsp3) is 0.250. The maximum Gasteiger partial charge on any atom is 0.273 e. The van der Waals surface area contributed by atoms with Gasteiger partial charge in [0.25, 0.3) is 5.91 Å². The molecule has 0 aliphatic carbocycles. The van der Waals surface area contributed by atoms with E-state index in [9.17, 15) is 9.59 Å². The predicted molar refractivity (Wildman–Crippen MR) is 116 cm³/mol. The second-order valence-corrected chi connectivity index (χ2v) is 8.33. The van der Waals surface area contributed by atoms with Gasteiger partial charge < -0.3 is 9.80 Å². The summed E-state index contributed by atoms with van der Waals surface area (Å²) in [5.41, 5.74) is 1.70. The van der Waals surface area contributed by atoms with E-state index in [0.29, 0.717) is 58.2 Å². The summed E-state index contributed by atoms with van der Waals surface area (Å²) in [6.07, 6.45) is 4.93. The highest BCUT2D eigenvalue weighted by Crippen LogP contribution is 2.35. The van der Waals surface area contributed by atoms with Gasteiger partial charge in [-0.25, -0.2) is 4.98 Å². The molecule has 0 bridgehead atoms. The number of carbonyl (C=O) groups excluding carboxylic acids is 2. The van der Waals surface area contributed by atoms with E-state index in [1.165, 1.54) is 11.3 Å². The number of hydrogen-bond acceptors (Lipinski definition) is 6. The Kier molecular flexibility index (Phi) is 6.26. The minimum Gasteiger partial charge on any atom is -0.339 e. The number of thiazole rings is 1. The summed E-state index contributed by atoms with van der Waals surface area (Å²) in [4.78, 5) is 41.3. The van der Waals surface area contributed by atoms with Gasteiger partial charge in [0.05, 0.1) is 22.2 Å². The van der Waals surface area contributed by atoms with Crippen LogP contribution in [-0.2, 0) is 11.2 Å². The Morgan fingerprint density at radius 1 is 1.07 bits per heavy atom. The van der Waals surface area contributed by atoms with Gasteiger partial charge in [-0.15, -0.1) is 11.3 Å². The zero-order valence-corrected chi connectivity index (χ0v) is 18.1. The highest BCUT2D eigenvalue weighted by Gasteiger charge is 2.26. The second-order valence-electron chi connectivity index (χ2n) is 6.69. The molecule has 0 N–H and O–H groups in total. The van der Waals surface area contributed by atoms with Gasteiger partial charge in [-0.1, -0.05) is 35.3 Å². The molecule has 1 saturated heterocycles. The van der Waals surface area contributed by atoms with Gasteiger partial charge >= 0.3 is 0 Å². The molecule has 3 heterocycles. The molecule has 154 valence electrons. The van der Waals surface area contributed by atoms with E-state index >= 15 is 0 Å². The Hall–Kier alpha value is -2.55. The Morgan fingerprint density at radius 3 is 2.57 bits per heavy atom. The van der Waals surface area contributed by atoms with Crippen molar-refractivity contribution in [2.24, 2.45) is 0 Å². The van der Waals surface area contributed by atoms with Crippen LogP contribution in [-0.4, -0.2) is 62.7 Å². The summed E-state index contributed by atoms with van der Waals surface area (Å²) in [6, 6.07) is 5.32. The van der Waals surface area contributed by atoms with E-state index in [2.05, 4.69) is 15.0 Å². The lowest BCUT2D eigenvalue weighted by atomic mass is 10.2. The van der Waals surface area contributed by atoms with Crippen LogP contribution in [0.4, 0.5) is 0 Å². The number of halogens is 2. The molecule has 10 heteroatoms. The van der Waals surface area contributed by atoms with E-state index in [1.54, 1.807) is 45.9 Å². The summed E-state index contributed by atoms with van der Waals surface area (Å²) < 4.78 is 0. The van der Waals surface area contributed by atoms with Gasteiger partial charge in [0.15, 0.2) is 0 Å². The molecular formula is C20H17Cl2N5O2S. The summed E-state index contributed by atoms with van der Waals surface area (Å²) in [6.45, 7) is 1.86. The molecule has 1 aliphatic heterocycles. The topological polar surface area (TPSA) is 79.3 Å². The molecule has 7 nitrogen and oxygen atoms in total. The molecule has 0 radical (unpaired) electrons. The quantitative estimate of drug-likeness (QED) is 0.594. The molecule has 1 aromatic carbocycles. The number of amides is 2. The van der Waals surface area contributed by atoms with Gasteiger partial charge in [0, 0.05) is 55.7 Å². The molecule has 0 unspecified atom stereocenters. The lowest BCUT2D eigenvalue weighted by molar-refractivity contribution is -0.132. The largest absolute Gasteiger partial charge is 0.339 e. The molecule has 30 heavy (non-hydrogen) atoms. The number of carbonyl (C=O) groups is 2. The monoisotopic (exact) mass is 461 g/mol. The van der Waals surface area contributed by atoms with Crippen LogP contribution < -0.4 is 0 Å². The van der Waals surface area contributed by atoms with Crippen molar-refractivity contribution in [2.75, 3.05) is 26.2 Å². The smallest absolute Gasteiger partial charge is 0.273 e. The van der Waals surface area contributed by atoms with Crippen molar-refractivity contribution in [1.29, 1.82) is 0 Å². The van der Waals surface area contributed by atoms with Gasteiger partial charge in [-0.2, -0.15) is 0 Å². The van der Waals surface area contributed by atoms with Gasteiger partial charge in [-0.05, 0) is 6.07 Å². The Labute approximate surface area is 187 Å². The molecule has 0 saturated carbocycles. The molecule has 1 fully saturated rings. The maximum atomic E-state index is 12.9. The molecule has 4 rings (SSSR count). The van der Waals surface area contributed by atoms with Crippen LogP contribution in [0.2, 0.25) is 10.0 Å². The van der Waals surface area contributed by atoms with Crippen LogP contribution >= 0.6 is 34.5 Å². The van der Waals surface area contributed by atoms with E-state index < -0.39 is 0 Å². The molecule has 3 aromatic rings. The lowest BCUT2D eigenvalue weighted by Crippen LogP contribution is -2.51. The van der Waals surface area contributed by atoms with Gasteiger partial charge in [0.1, 0.15) is 10.7 Å². The van der Waals surface area contributed by atoms with Crippen LogP contribution in [0.1, 0.15) is 16.2 Å². The van der Waals surface area contributed by atoms with Gasteiger partial charge in [0.2, 0.25) is 5.91 Å². The third-order valence-corrected chi connectivity index (χ3v) is 6.47. The minimum absolute atomic E-state index is 0.0193. The van der Waals surface area contributed by atoms with Crippen LogP contribution in [0.25, 0.3) is 10.6 Å². The van der Waals surface area contributed by atoms with Crippen molar-refractivity contribution < 1.29 is 9.59 Å². The predicted octanol–water partition coefficient (Wildman–Crippen LogP) is 3.43. The number of piperazine rings is 1. The zero-order valence-electron chi connectivity index (χ0n) is 15.8. The molecule has 2 amide bonds. The van der Waals surface area contributed by atoms with E-state index in [-0.39, 0.29) is 18.2 Å². The average Bonchev–Trinajstić information content (AvgIpc) is 3.26. The Morgan fingerprint density at radius 2 is 1.83 bits per heavy atom. The summed E-state index contributed by atoms with van der Waals surface area (Å²) in [5.74, 6) is -0.175. The molecular weight excluding hydrogens is 445 g/mol. The normalized spacial score (nSPS) is 14.1. The van der Waals surface area contributed by atoms with Crippen LogP contribution in [0.5, 0.6) is 0 Å². The number of rotatable bonds is 4. The summed E-state index contributed by atoms with van der Waals surface area (Å²) in [5, 5.41) is 3.23. The molecule has 0 atom stereocenters. The van der Waals surface area contributed by atoms with Crippen LogP contribution in [0.15, 0.2) is 42.2 Å². The highest BCUT2D eigenvalue weighted by molar-refractivity contribution is 7.13. The summed E-state index contributed by atoms with van der Waals surface area (Å²) in [7, 11) is 0. The fourth-order valence-corrected chi connectivity index (χ4v) is 4.44. The third kappa shape index (κ3) is 4.45. The second kappa shape index (κ2) is 9.07. The van der Waals surface area contributed by atoms with E-state index in [4.69, 9.17) is 23.2 Å². The highest BCUT2D eigenvalue weighted by atomic mass is 35.5. The molecule has 2 aromatic heterocycles. The first kappa shape index (κ1) is 20.7. The average molecular weight is 462 g/mol. The first-order valence-corrected chi connectivity index (χ1v) is 10.9. The molecule has 1 aliphatic rings. The maximum absolute atomic E-state index is 12.9. The fourth-order valence-electron chi connectivity index (χ4n) is 3.17. The van der Waals surface area contributed by atoms with Crippen molar-refractivity contribution in [3.05, 3.63) is 63.6 Å². The van der Waals surface area contributed by atoms with Crippen molar-refractivity contribution in [3.8, 4) is 10.6 Å². The SMILES string of the molecule is O=C(Cc1cnccn1)N1CCN(C(=O)c2csc(-c3cccc(Cl)c3Cl)n2)CC1. The van der Waals surface area contributed by atoms with Crippen LogP contribution in [0.3, 0.4) is 0 Å². The van der Waals surface area contributed by atoms with E-state index in [1.807, 2.05) is 6.07 Å². The third-order valence-electron chi connectivity index (χ3n) is 4.77. The number of aromatic nitrogens is 3. The molecule has 0 spiro atoms. The zero-order chi connectivity index (χ0) is 21.1. The van der Waals surface area contributed by atoms with Crippen molar-refractivity contribution in [3.63, 3.8) is 0 Å². The first-order chi connectivity index (χ1) is 14.5. The van der Waals surface area contributed by atoms with Gasteiger partial charge in [-0.3, -0.25) is 19.6 Å². The minimum atomic E-state index is -0.156. The number of hydrogen-bond donors (Lipinski definition) is 0. The Bertz CT molecular complexity index is 1070. The Balaban J connectivity index is 1.37. The van der Waals surface area contributed by atoms with Crippen molar-refractivity contribution >= 4 is 46.4 Å². The lowest BCUT2D eigenvalue weighted by Gasteiger charge is -2.34. The van der Waals surface area contributed by atoms with Crippen LogP contribution in [0, 0.1) is 0 Å². The standard InChI is InChI=1S/C20H17Cl2N5O2S/c21-15-3-1-2-14(18(15)22)19-25-16(12-30-19)20(29)27-8-6-26(7-9-27)17(28)10-13-11-23-4-5-24-13/h1-5,11-12H,6-10H2. The van der Waals surface area contributed by atoms with E-state index in [0.717, 1.165) is 0 Å². The van der Waals surface area contributed by atoms with Crippen molar-refractivity contribution in [2.45, 2.75) is 6.42 Å². The first-order valence-electron chi connectivity index (χ1n) is 9.25. The number of benzene rings is 1. The number of nitrogens with zero attached hydrogens (tertiary/aromatic N) is 5.